The summed E-state index contributed by atoms with van der Waals surface area (Å²) in [6, 6.07) is 40.5. The maximum absolute atomic E-state index is 14.2. The Balaban J connectivity index is 1.73. The van der Waals surface area contributed by atoms with E-state index in [2.05, 4.69) is 53.8 Å². The lowest BCUT2D eigenvalue weighted by Crippen LogP contribution is -2.56. The summed E-state index contributed by atoms with van der Waals surface area (Å²) < 4.78 is 0. The van der Waals surface area contributed by atoms with Gasteiger partial charge in [-0.25, -0.2) is 0 Å². The van der Waals surface area contributed by atoms with Gasteiger partial charge in [0.25, 0.3) is 0 Å². The molecule has 1 amide bonds. The van der Waals surface area contributed by atoms with E-state index in [0.29, 0.717) is 13.1 Å². The van der Waals surface area contributed by atoms with E-state index in [1.807, 2.05) is 72.8 Å². The Hall–Kier alpha value is -4.22. The standard InChI is InChI=1S/C33H32N2O3/c36-30(35-22-21-34-29(24-35)32(37)38)23-33(27-17-9-3-10-18-27,28-19-11-4-12-20-28)31(25-13-5-1-6-14-25)26-15-7-2-8-16-26/h1-20,29,31,34H,21-24H2,(H,37,38). The number of piperazine rings is 1. The molecule has 0 aromatic heterocycles. The molecule has 0 radical (unpaired) electrons. The van der Waals surface area contributed by atoms with Crippen LogP contribution < -0.4 is 5.32 Å². The van der Waals surface area contributed by atoms with Crippen LogP contribution >= 0.6 is 0 Å². The number of amides is 1. The minimum Gasteiger partial charge on any atom is -0.480 e. The summed E-state index contributed by atoms with van der Waals surface area (Å²) in [6.07, 6.45) is 0.196. The number of carbonyl (C=O) groups excluding carboxylic acids is 1. The Morgan fingerprint density at radius 3 is 1.66 bits per heavy atom. The smallest absolute Gasteiger partial charge is 0.322 e. The maximum atomic E-state index is 14.2. The first-order chi connectivity index (χ1) is 18.6. The van der Waals surface area contributed by atoms with Crippen LogP contribution in [-0.2, 0) is 15.0 Å². The van der Waals surface area contributed by atoms with E-state index < -0.39 is 17.4 Å². The molecule has 38 heavy (non-hydrogen) atoms. The molecule has 1 atom stereocenters. The molecular weight excluding hydrogens is 472 g/mol. The van der Waals surface area contributed by atoms with Gasteiger partial charge in [-0.15, -0.1) is 0 Å². The molecule has 0 aliphatic carbocycles. The molecule has 0 bridgehead atoms. The third-order valence-electron chi connectivity index (χ3n) is 7.59. The van der Waals surface area contributed by atoms with Gasteiger partial charge in [0.2, 0.25) is 5.91 Å². The van der Waals surface area contributed by atoms with Gasteiger partial charge in [0, 0.05) is 37.4 Å². The Morgan fingerprint density at radius 2 is 1.21 bits per heavy atom. The number of hydrogen-bond donors (Lipinski definition) is 2. The van der Waals surface area contributed by atoms with Crippen molar-refractivity contribution in [2.45, 2.75) is 23.8 Å². The molecule has 1 fully saturated rings. The van der Waals surface area contributed by atoms with Crippen molar-refractivity contribution in [1.82, 2.24) is 10.2 Å². The predicted molar refractivity (Wildman–Crippen MR) is 149 cm³/mol. The molecule has 1 aliphatic heterocycles. The topological polar surface area (TPSA) is 69.6 Å². The first kappa shape index (κ1) is 25.4. The van der Waals surface area contributed by atoms with Crippen molar-refractivity contribution in [3.8, 4) is 0 Å². The number of aliphatic carboxylic acids is 1. The molecule has 4 aromatic rings. The van der Waals surface area contributed by atoms with E-state index in [-0.39, 0.29) is 24.8 Å². The summed E-state index contributed by atoms with van der Waals surface area (Å²) in [5.41, 5.74) is 3.57. The van der Waals surface area contributed by atoms with Crippen molar-refractivity contribution in [3.05, 3.63) is 144 Å². The first-order valence-electron chi connectivity index (χ1n) is 13.0. The SMILES string of the molecule is O=C(O)C1CN(C(=O)CC(c2ccccc2)(c2ccccc2)C(c2ccccc2)c2ccccc2)CCN1. The number of nitrogens with zero attached hydrogens (tertiary/aromatic N) is 1. The number of hydrogen-bond acceptors (Lipinski definition) is 3. The van der Waals surface area contributed by atoms with Crippen molar-refractivity contribution in [3.63, 3.8) is 0 Å². The minimum atomic E-state index is -0.939. The Morgan fingerprint density at radius 1 is 0.763 bits per heavy atom. The molecule has 0 spiro atoms. The molecule has 5 rings (SSSR count). The van der Waals surface area contributed by atoms with Gasteiger partial charge in [0.05, 0.1) is 0 Å². The fourth-order valence-corrected chi connectivity index (χ4v) is 5.82. The third-order valence-corrected chi connectivity index (χ3v) is 7.59. The summed E-state index contributed by atoms with van der Waals surface area (Å²) in [7, 11) is 0. The van der Waals surface area contributed by atoms with Gasteiger partial charge in [-0.3, -0.25) is 9.59 Å². The Labute approximate surface area is 223 Å². The Bertz CT molecular complexity index is 1270. The number of carboxylic acids is 1. The molecule has 1 aliphatic rings. The molecule has 1 unspecified atom stereocenters. The fraction of sp³-hybridized carbons (Fsp3) is 0.212. The molecular formula is C33H32N2O3. The molecule has 2 N–H and O–H groups in total. The van der Waals surface area contributed by atoms with Crippen LogP contribution in [0.2, 0.25) is 0 Å². The summed E-state index contributed by atoms with van der Waals surface area (Å²) in [5, 5.41) is 12.6. The highest BCUT2D eigenvalue weighted by Gasteiger charge is 2.46. The molecule has 1 heterocycles. The first-order valence-corrected chi connectivity index (χ1v) is 13.0. The van der Waals surface area contributed by atoms with Crippen LogP contribution in [0.3, 0.4) is 0 Å². The van der Waals surface area contributed by atoms with E-state index in [1.165, 1.54) is 0 Å². The van der Waals surface area contributed by atoms with E-state index in [1.54, 1.807) is 4.90 Å². The van der Waals surface area contributed by atoms with Crippen LogP contribution in [0.1, 0.15) is 34.6 Å². The third kappa shape index (κ3) is 5.11. The molecule has 5 heteroatoms. The Kier molecular flexibility index (Phi) is 7.66. The van der Waals surface area contributed by atoms with Gasteiger partial charge >= 0.3 is 5.97 Å². The van der Waals surface area contributed by atoms with Gasteiger partial charge in [0.15, 0.2) is 0 Å². The average Bonchev–Trinajstić information content (AvgIpc) is 2.99. The van der Waals surface area contributed by atoms with Gasteiger partial charge in [0.1, 0.15) is 6.04 Å². The fourth-order valence-electron chi connectivity index (χ4n) is 5.82. The van der Waals surface area contributed by atoms with Crippen molar-refractivity contribution < 1.29 is 14.7 Å². The lowest BCUT2D eigenvalue weighted by molar-refractivity contribution is -0.142. The van der Waals surface area contributed by atoms with Crippen LogP contribution in [0.4, 0.5) is 0 Å². The molecule has 4 aromatic carbocycles. The number of nitrogens with one attached hydrogen (secondary N) is 1. The van der Waals surface area contributed by atoms with Crippen LogP contribution in [-0.4, -0.2) is 47.6 Å². The second-order valence-corrected chi connectivity index (χ2v) is 9.82. The van der Waals surface area contributed by atoms with Crippen molar-refractivity contribution >= 4 is 11.9 Å². The van der Waals surface area contributed by atoms with Crippen LogP contribution in [0.5, 0.6) is 0 Å². The van der Waals surface area contributed by atoms with Gasteiger partial charge in [-0.05, 0) is 22.3 Å². The largest absolute Gasteiger partial charge is 0.480 e. The van der Waals surface area contributed by atoms with Crippen molar-refractivity contribution in [2.24, 2.45) is 0 Å². The summed E-state index contributed by atoms with van der Waals surface area (Å²) in [4.78, 5) is 27.6. The van der Waals surface area contributed by atoms with Gasteiger partial charge < -0.3 is 15.3 Å². The van der Waals surface area contributed by atoms with Crippen LogP contribution in [0, 0.1) is 0 Å². The second kappa shape index (κ2) is 11.4. The lowest BCUT2D eigenvalue weighted by Gasteiger charge is -2.44. The molecule has 1 saturated heterocycles. The number of benzene rings is 4. The number of carbonyl (C=O) groups is 2. The normalized spacial score (nSPS) is 15.8. The average molecular weight is 505 g/mol. The monoisotopic (exact) mass is 504 g/mol. The number of carboxylic acid groups (broad SMARTS) is 1. The highest BCUT2D eigenvalue weighted by molar-refractivity contribution is 5.81. The summed E-state index contributed by atoms with van der Waals surface area (Å²) >= 11 is 0. The zero-order valence-electron chi connectivity index (χ0n) is 21.2. The predicted octanol–water partition coefficient (Wildman–Crippen LogP) is 5.08. The van der Waals surface area contributed by atoms with Gasteiger partial charge in [-0.2, -0.15) is 0 Å². The lowest BCUT2D eigenvalue weighted by atomic mass is 9.59. The highest BCUT2D eigenvalue weighted by Crippen LogP contribution is 2.50. The van der Waals surface area contributed by atoms with E-state index >= 15 is 0 Å². The molecule has 192 valence electrons. The van der Waals surface area contributed by atoms with E-state index in [0.717, 1.165) is 22.3 Å². The summed E-state index contributed by atoms with van der Waals surface area (Å²) in [5.74, 6) is -1.16. The molecule has 5 nitrogen and oxygen atoms in total. The van der Waals surface area contributed by atoms with Crippen LogP contribution in [0.15, 0.2) is 121 Å². The van der Waals surface area contributed by atoms with Crippen LogP contribution in [0.25, 0.3) is 0 Å². The van der Waals surface area contributed by atoms with E-state index in [9.17, 15) is 14.7 Å². The van der Waals surface area contributed by atoms with Crippen molar-refractivity contribution in [2.75, 3.05) is 19.6 Å². The minimum absolute atomic E-state index is 0.0534. The molecule has 0 saturated carbocycles. The highest BCUT2D eigenvalue weighted by atomic mass is 16.4. The van der Waals surface area contributed by atoms with Crippen molar-refractivity contribution in [1.29, 1.82) is 0 Å². The maximum Gasteiger partial charge on any atom is 0.322 e. The number of rotatable bonds is 8. The second-order valence-electron chi connectivity index (χ2n) is 9.82. The zero-order chi connectivity index (χ0) is 26.4. The zero-order valence-corrected chi connectivity index (χ0v) is 21.2. The van der Waals surface area contributed by atoms with Gasteiger partial charge in [-0.1, -0.05) is 121 Å². The van der Waals surface area contributed by atoms with E-state index in [4.69, 9.17) is 0 Å². The quantitative estimate of drug-likeness (QED) is 0.351. The summed E-state index contributed by atoms with van der Waals surface area (Å²) in [6.45, 7) is 1.08.